The predicted octanol–water partition coefficient (Wildman–Crippen LogP) is 2.32. The smallest absolute Gasteiger partial charge is 0.254 e. The Bertz CT molecular complexity index is 517. The molecule has 2 fully saturated rings. The van der Waals surface area contributed by atoms with Gasteiger partial charge in [-0.1, -0.05) is 13.0 Å². The van der Waals surface area contributed by atoms with Gasteiger partial charge in [0, 0.05) is 24.6 Å². The van der Waals surface area contributed by atoms with Gasteiger partial charge in [0.05, 0.1) is 12.7 Å². The van der Waals surface area contributed by atoms with E-state index in [1.54, 1.807) is 0 Å². The second-order valence-corrected chi connectivity index (χ2v) is 6.16. The molecule has 114 valence electrons. The Morgan fingerprint density at radius 2 is 2.24 bits per heavy atom. The van der Waals surface area contributed by atoms with E-state index in [1.807, 2.05) is 29.2 Å². The standard InChI is InChI=1S/C17H23NO3/c1-2-8-21-14-5-3-4-12(9-14)17(20)18-10-13-6-7-16(19)15(13)11-18/h3-5,9,13,15-16,19H,2,6-8,10-11H2,1H3. The van der Waals surface area contributed by atoms with Crippen molar-refractivity contribution in [1.82, 2.24) is 4.90 Å². The zero-order valence-corrected chi connectivity index (χ0v) is 12.5. The van der Waals surface area contributed by atoms with Gasteiger partial charge in [0.2, 0.25) is 0 Å². The molecule has 0 aromatic heterocycles. The Labute approximate surface area is 125 Å². The molecule has 1 saturated heterocycles. The molecule has 1 aromatic carbocycles. The fraction of sp³-hybridized carbons (Fsp3) is 0.588. The van der Waals surface area contributed by atoms with Crippen LogP contribution in [0.4, 0.5) is 0 Å². The molecule has 0 bridgehead atoms. The van der Waals surface area contributed by atoms with Gasteiger partial charge in [-0.25, -0.2) is 0 Å². The van der Waals surface area contributed by atoms with Crippen LogP contribution in [0, 0.1) is 11.8 Å². The Kier molecular flexibility index (Phi) is 4.15. The molecule has 0 radical (unpaired) electrons. The number of hydrogen-bond donors (Lipinski definition) is 1. The summed E-state index contributed by atoms with van der Waals surface area (Å²) >= 11 is 0. The van der Waals surface area contributed by atoms with E-state index in [9.17, 15) is 9.90 Å². The monoisotopic (exact) mass is 289 g/mol. The zero-order valence-electron chi connectivity index (χ0n) is 12.5. The third-order valence-corrected chi connectivity index (χ3v) is 4.66. The van der Waals surface area contributed by atoms with Crippen molar-refractivity contribution in [1.29, 1.82) is 0 Å². The van der Waals surface area contributed by atoms with Gasteiger partial charge in [-0.15, -0.1) is 0 Å². The van der Waals surface area contributed by atoms with Gasteiger partial charge in [0.15, 0.2) is 0 Å². The maximum Gasteiger partial charge on any atom is 0.254 e. The molecular weight excluding hydrogens is 266 g/mol. The SMILES string of the molecule is CCCOc1cccc(C(=O)N2CC3CCC(O)C3C2)c1. The van der Waals surface area contributed by atoms with Crippen molar-refractivity contribution < 1.29 is 14.6 Å². The molecule has 4 heteroatoms. The average molecular weight is 289 g/mol. The Morgan fingerprint density at radius 3 is 3.00 bits per heavy atom. The van der Waals surface area contributed by atoms with E-state index >= 15 is 0 Å². The predicted molar refractivity (Wildman–Crippen MR) is 80.4 cm³/mol. The minimum absolute atomic E-state index is 0.0542. The molecule has 1 heterocycles. The van der Waals surface area contributed by atoms with Crippen molar-refractivity contribution in [3.63, 3.8) is 0 Å². The van der Waals surface area contributed by atoms with E-state index in [-0.39, 0.29) is 17.9 Å². The second-order valence-electron chi connectivity index (χ2n) is 6.16. The van der Waals surface area contributed by atoms with E-state index in [2.05, 4.69) is 6.92 Å². The molecule has 3 rings (SSSR count). The van der Waals surface area contributed by atoms with Crippen molar-refractivity contribution in [3.05, 3.63) is 29.8 Å². The first-order valence-corrected chi connectivity index (χ1v) is 7.89. The van der Waals surface area contributed by atoms with Crippen LogP contribution in [-0.4, -0.2) is 41.7 Å². The molecule has 1 aliphatic carbocycles. The number of carbonyl (C=O) groups excluding carboxylic acids is 1. The van der Waals surface area contributed by atoms with Crippen molar-refractivity contribution >= 4 is 5.91 Å². The lowest BCUT2D eigenvalue weighted by Crippen LogP contribution is -2.31. The van der Waals surface area contributed by atoms with Gasteiger partial charge in [-0.2, -0.15) is 0 Å². The van der Waals surface area contributed by atoms with Crippen molar-refractivity contribution in [2.45, 2.75) is 32.3 Å². The summed E-state index contributed by atoms with van der Waals surface area (Å²) in [7, 11) is 0. The highest BCUT2D eigenvalue weighted by Gasteiger charge is 2.43. The largest absolute Gasteiger partial charge is 0.494 e. The molecule has 2 aliphatic rings. The number of hydrogen-bond acceptors (Lipinski definition) is 3. The van der Waals surface area contributed by atoms with E-state index in [0.717, 1.165) is 31.6 Å². The molecular formula is C17H23NO3. The average Bonchev–Trinajstić information content (AvgIpc) is 3.07. The number of fused-ring (bicyclic) bond motifs is 1. The molecule has 3 atom stereocenters. The Hall–Kier alpha value is -1.55. The summed E-state index contributed by atoms with van der Waals surface area (Å²) in [6.45, 7) is 4.19. The first-order chi connectivity index (χ1) is 10.2. The van der Waals surface area contributed by atoms with Crippen LogP contribution >= 0.6 is 0 Å². The number of benzene rings is 1. The molecule has 1 amide bonds. The topological polar surface area (TPSA) is 49.8 Å². The normalized spacial score (nSPS) is 27.7. The van der Waals surface area contributed by atoms with Crippen LogP contribution in [0.5, 0.6) is 5.75 Å². The third kappa shape index (κ3) is 2.91. The maximum atomic E-state index is 12.6. The van der Waals surface area contributed by atoms with Gasteiger partial charge >= 0.3 is 0 Å². The number of amides is 1. The Balaban J connectivity index is 1.68. The van der Waals surface area contributed by atoms with E-state index in [1.165, 1.54) is 0 Å². The number of rotatable bonds is 4. The number of aliphatic hydroxyl groups excluding tert-OH is 1. The van der Waals surface area contributed by atoms with Gasteiger partial charge in [-0.05, 0) is 43.4 Å². The van der Waals surface area contributed by atoms with Crippen LogP contribution in [0.2, 0.25) is 0 Å². The quantitative estimate of drug-likeness (QED) is 0.925. The van der Waals surface area contributed by atoms with Gasteiger partial charge in [0.25, 0.3) is 5.91 Å². The highest BCUT2D eigenvalue weighted by molar-refractivity contribution is 5.94. The highest BCUT2D eigenvalue weighted by Crippen LogP contribution is 2.38. The zero-order chi connectivity index (χ0) is 14.8. The number of likely N-dealkylation sites (tertiary alicyclic amines) is 1. The summed E-state index contributed by atoms with van der Waals surface area (Å²) in [6.07, 6.45) is 2.64. The first kappa shape index (κ1) is 14.4. The fourth-order valence-corrected chi connectivity index (χ4v) is 3.52. The number of ether oxygens (including phenoxy) is 1. The molecule has 1 aliphatic heterocycles. The summed E-state index contributed by atoms with van der Waals surface area (Å²) in [5.74, 6) is 1.55. The lowest BCUT2D eigenvalue weighted by atomic mass is 10.00. The summed E-state index contributed by atoms with van der Waals surface area (Å²) < 4.78 is 5.59. The van der Waals surface area contributed by atoms with Gasteiger partial charge in [-0.3, -0.25) is 4.79 Å². The first-order valence-electron chi connectivity index (χ1n) is 7.89. The maximum absolute atomic E-state index is 12.6. The summed E-state index contributed by atoms with van der Waals surface area (Å²) in [4.78, 5) is 14.5. The molecule has 0 spiro atoms. The molecule has 21 heavy (non-hydrogen) atoms. The van der Waals surface area contributed by atoms with Crippen LogP contribution < -0.4 is 4.74 Å². The lowest BCUT2D eigenvalue weighted by Gasteiger charge is -2.19. The molecule has 4 nitrogen and oxygen atoms in total. The van der Waals surface area contributed by atoms with Crippen LogP contribution in [-0.2, 0) is 0 Å². The van der Waals surface area contributed by atoms with Gasteiger partial charge < -0.3 is 14.7 Å². The van der Waals surface area contributed by atoms with Crippen LogP contribution in [0.1, 0.15) is 36.5 Å². The summed E-state index contributed by atoms with van der Waals surface area (Å²) in [5, 5.41) is 9.95. The van der Waals surface area contributed by atoms with Crippen molar-refractivity contribution in [3.8, 4) is 5.75 Å². The van der Waals surface area contributed by atoms with Crippen LogP contribution in [0.25, 0.3) is 0 Å². The molecule has 1 aromatic rings. The molecule has 1 N–H and O–H groups in total. The highest BCUT2D eigenvalue weighted by atomic mass is 16.5. The second kappa shape index (κ2) is 6.06. The molecule has 3 unspecified atom stereocenters. The van der Waals surface area contributed by atoms with Gasteiger partial charge in [0.1, 0.15) is 5.75 Å². The third-order valence-electron chi connectivity index (χ3n) is 4.66. The molecule has 1 saturated carbocycles. The number of carbonyl (C=O) groups is 1. The van der Waals surface area contributed by atoms with E-state index in [0.29, 0.717) is 24.6 Å². The van der Waals surface area contributed by atoms with Crippen LogP contribution in [0.3, 0.4) is 0 Å². The minimum Gasteiger partial charge on any atom is -0.494 e. The minimum atomic E-state index is -0.230. The summed E-state index contributed by atoms with van der Waals surface area (Å²) in [6, 6.07) is 7.41. The van der Waals surface area contributed by atoms with E-state index < -0.39 is 0 Å². The van der Waals surface area contributed by atoms with Crippen molar-refractivity contribution in [2.75, 3.05) is 19.7 Å². The fourth-order valence-electron chi connectivity index (χ4n) is 3.52. The summed E-state index contributed by atoms with van der Waals surface area (Å²) in [5.41, 5.74) is 0.679. The van der Waals surface area contributed by atoms with Crippen molar-refractivity contribution in [2.24, 2.45) is 11.8 Å². The Morgan fingerprint density at radius 1 is 1.38 bits per heavy atom. The number of aliphatic hydroxyl groups is 1. The van der Waals surface area contributed by atoms with Crippen LogP contribution in [0.15, 0.2) is 24.3 Å². The van der Waals surface area contributed by atoms with E-state index in [4.69, 9.17) is 4.74 Å². The number of nitrogens with zero attached hydrogens (tertiary/aromatic N) is 1. The lowest BCUT2D eigenvalue weighted by molar-refractivity contribution is 0.0752.